The van der Waals surface area contributed by atoms with E-state index in [9.17, 15) is 4.79 Å². The number of aromatic nitrogens is 3. The van der Waals surface area contributed by atoms with Crippen LogP contribution >= 0.6 is 23.4 Å². The normalized spacial score (nSPS) is 10.7. The van der Waals surface area contributed by atoms with Gasteiger partial charge in [0.05, 0.1) is 5.75 Å². The molecule has 4 aromatic rings. The number of carbonyl (C=O) groups is 1. The molecule has 162 valence electrons. The van der Waals surface area contributed by atoms with Gasteiger partial charge in [0, 0.05) is 16.4 Å². The first-order valence-electron chi connectivity index (χ1n) is 9.96. The molecular formula is C24H21ClN4O2S. The molecule has 3 aromatic carbocycles. The Labute approximate surface area is 195 Å². The average Bonchev–Trinajstić information content (AvgIpc) is 3.23. The highest BCUT2D eigenvalue weighted by Crippen LogP contribution is 2.24. The van der Waals surface area contributed by atoms with Crippen LogP contribution in [0, 0.1) is 6.92 Å². The van der Waals surface area contributed by atoms with Crippen LogP contribution in [0.15, 0.2) is 84.0 Å². The SMILES string of the molecule is Cc1ccc(NC(=O)CSc2nnc(COc3ccccc3)n2-c2ccccc2)cc1Cl. The minimum atomic E-state index is -0.153. The third kappa shape index (κ3) is 5.49. The molecule has 0 saturated carbocycles. The fourth-order valence-electron chi connectivity index (χ4n) is 2.99. The van der Waals surface area contributed by atoms with Crippen LogP contribution in [0.25, 0.3) is 5.69 Å². The molecule has 6 nitrogen and oxygen atoms in total. The van der Waals surface area contributed by atoms with Crippen molar-refractivity contribution in [1.82, 2.24) is 14.8 Å². The zero-order valence-electron chi connectivity index (χ0n) is 17.4. The van der Waals surface area contributed by atoms with Crippen LogP contribution in [0.5, 0.6) is 5.75 Å². The zero-order chi connectivity index (χ0) is 22.3. The van der Waals surface area contributed by atoms with Crippen LogP contribution in [0.3, 0.4) is 0 Å². The van der Waals surface area contributed by atoms with Gasteiger partial charge in [-0.15, -0.1) is 10.2 Å². The van der Waals surface area contributed by atoms with Crippen molar-refractivity contribution in [3.8, 4) is 11.4 Å². The van der Waals surface area contributed by atoms with E-state index in [-0.39, 0.29) is 18.3 Å². The first kappa shape index (κ1) is 21.9. The van der Waals surface area contributed by atoms with Gasteiger partial charge in [-0.1, -0.05) is 65.8 Å². The van der Waals surface area contributed by atoms with E-state index < -0.39 is 0 Å². The highest BCUT2D eigenvalue weighted by Gasteiger charge is 2.16. The topological polar surface area (TPSA) is 69.0 Å². The van der Waals surface area contributed by atoms with E-state index in [0.29, 0.717) is 21.7 Å². The second-order valence-electron chi connectivity index (χ2n) is 6.97. The number of carbonyl (C=O) groups excluding carboxylic acids is 1. The maximum absolute atomic E-state index is 12.5. The number of hydrogen-bond donors (Lipinski definition) is 1. The second-order valence-corrected chi connectivity index (χ2v) is 8.32. The number of thioether (sulfide) groups is 1. The van der Waals surface area contributed by atoms with E-state index in [4.69, 9.17) is 16.3 Å². The first-order chi connectivity index (χ1) is 15.6. The van der Waals surface area contributed by atoms with Crippen LogP contribution in [-0.4, -0.2) is 26.4 Å². The van der Waals surface area contributed by atoms with Crippen LogP contribution in [0.1, 0.15) is 11.4 Å². The summed E-state index contributed by atoms with van der Waals surface area (Å²) >= 11 is 7.45. The molecule has 0 saturated heterocycles. The van der Waals surface area contributed by atoms with E-state index in [2.05, 4.69) is 15.5 Å². The molecule has 1 N–H and O–H groups in total. The van der Waals surface area contributed by atoms with Crippen molar-refractivity contribution >= 4 is 35.0 Å². The van der Waals surface area contributed by atoms with E-state index >= 15 is 0 Å². The minimum Gasteiger partial charge on any atom is -0.486 e. The van der Waals surface area contributed by atoms with Crippen molar-refractivity contribution in [2.75, 3.05) is 11.1 Å². The van der Waals surface area contributed by atoms with Crippen molar-refractivity contribution < 1.29 is 9.53 Å². The van der Waals surface area contributed by atoms with Crippen molar-refractivity contribution in [3.05, 3.63) is 95.3 Å². The Morgan fingerprint density at radius 2 is 1.75 bits per heavy atom. The molecule has 8 heteroatoms. The van der Waals surface area contributed by atoms with Crippen LogP contribution in [-0.2, 0) is 11.4 Å². The highest BCUT2D eigenvalue weighted by molar-refractivity contribution is 7.99. The molecule has 0 atom stereocenters. The number of anilines is 1. The molecule has 1 heterocycles. The maximum Gasteiger partial charge on any atom is 0.234 e. The summed E-state index contributed by atoms with van der Waals surface area (Å²) < 4.78 is 7.77. The van der Waals surface area contributed by atoms with Crippen molar-refractivity contribution in [2.45, 2.75) is 18.7 Å². The van der Waals surface area contributed by atoms with Gasteiger partial charge in [-0.05, 0) is 48.9 Å². The smallest absolute Gasteiger partial charge is 0.234 e. The largest absolute Gasteiger partial charge is 0.486 e. The number of amides is 1. The second kappa shape index (κ2) is 10.3. The molecule has 4 rings (SSSR count). The van der Waals surface area contributed by atoms with Gasteiger partial charge in [0.1, 0.15) is 12.4 Å². The molecule has 32 heavy (non-hydrogen) atoms. The summed E-state index contributed by atoms with van der Waals surface area (Å²) in [5.41, 5.74) is 2.52. The van der Waals surface area contributed by atoms with Crippen LogP contribution in [0.4, 0.5) is 5.69 Å². The van der Waals surface area contributed by atoms with Gasteiger partial charge >= 0.3 is 0 Å². The Hall–Kier alpha value is -3.29. The molecular weight excluding hydrogens is 444 g/mol. The highest BCUT2D eigenvalue weighted by atomic mass is 35.5. The van der Waals surface area contributed by atoms with Gasteiger partial charge in [-0.25, -0.2) is 0 Å². The third-order valence-electron chi connectivity index (χ3n) is 4.61. The Morgan fingerprint density at radius 3 is 2.47 bits per heavy atom. The van der Waals surface area contributed by atoms with Gasteiger partial charge in [0.2, 0.25) is 5.91 Å². The number of hydrogen-bond acceptors (Lipinski definition) is 5. The molecule has 0 fully saturated rings. The molecule has 0 radical (unpaired) electrons. The molecule has 0 bridgehead atoms. The fraction of sp³-hybridized carbons (Fsp3) is 0.125. The summed E-state index contributed by atoms with van der Waals surface area (Å²) in [6.45, 7) is 2.17. The standard InChI is InChI=1S/C24H21ClN4O2S/c1-17-12-13-18(14-21(17)25)26-23(30)16-32-24-28-27-22(15-31-20-10-6-3-7-11-20)29(24)19-8-4-2-5-9-19/h2-14H,15-16H2,1H3,(H,26,30). The van der Waals surface area contributed by atoms with E-state index in [1.165, 1.54) is 11.8 Å². The van der Waals surface area contributed by atoms with Crippen molar-refractivity contribution in [3.63, 3.8) is 0 Å². The quantitative estimate of drug-likeness (QED) is 0.347. The van der Waals surface area contributed by atoms with Gasteiger partial charge in [0.25, 0.3) is 0 Å². The lowest BCUT2D eigenvalue weighted by molar-refractivity contribution is -0.113. The number of para-hydroxylation sites is 2. The number of ether oxygens (including phenoxy) is 1. The number of nitrogens with zero attached hydrogens (tertiary/aromatic N) is 3. The predicted molar refractivity (Wildman–Crippen MR) is 128 cm³/mol. The lowest BCUT2D eigenvalue weighted by atomic mass is 10.2. The number of benzene rings is 3. The minimum absolute atomic E-state index is 0.153. The van der Waals surface area contributed by atoms with Gasteiger partial charge in [-0.2, -0.15) is 0 Å². The van der Waals surface area contributed by atoms with Gasteiger partial charge in [-0.3, -0.25) is 9.36 Å². The van der Waals surface area contributed by atoms with Gasteiger partial charge in [0.15, 0.2) is 11.0 Å². The number of nitrogens with one attached hydrogen (secondary N) is 1. The Balaban J connectivity index is 1.48. The van der Waals surface area contributed by atoms with Crippen LogP contribution in [0.2, 0.25) is 5.02 Å². The third-order valence-corrected chi connectivity index (χ3v) is 5.95. The van der Waals surface area contributed by atoms with E-state index in [0.717, 1.165) is 17.0 Å². The lowest BCUT2D eigenvalue weighted by Crippen LogP contribution is -2.15. The van der Waals surface area contributed by atoms with E-state index in [1.807, 2.05) is 84.3 Å². The summed E-state index contributed by atoms with van der Waals surface area (Å²) in [4.78, 5) is 12.5. The summed E-state index contributed by atoms with van der Waals surface area (Å²) in [5, 5.41) is 12.7. The Morgan fingerprint density at radius 1 is 1.03 bits per heavy atom. The Bertz CT molecular complexity index is 1200. The predicted octanol–water partition coefficient (Wildman–Crippen LogP) is 5.54. The summed E-state index contributed by atoms with van der Waals surface area (Å²) in [6, 6.07) is 24.7. The zero-order valence-corrected chi connectivity index (χ0v) is 18.9. The average molecular weight is 465 g/mol. The molecule has 0 aliphatic rings. The summed E-state index contributed by atoms with van der Waals surface area (Å²) in [5.74, 6) is 1.42. The van der Waals surface area contributed by atoms with Crippen molar-refractivity contribution in [1.29, 1.82) is 0 Å². The van der Waals surface area contributed by atoms with Gasteiger partial charge < -0.3 is 10.1 Å². The summed E-state index contributed by atoms with van der Waals surface area (Å²) in [6.07, 6.45) is 0. The fourth-order valence-corrected chi connectivity index (χ4v) is 3.94. The molecule has 0 aliphatic carbocycles. The van der Waals surface area contributed by atoms with Crippen molar-refractivity contribution in [2.24, 2.45) is 0 Å². The monoisotopic (exact) mass is 464 g/mol. The molecule has 1 amide bonds. The Kier molecular flexibility index (Phi) is 7.09. The maximum atomic E-state index is 12.5. The number of halogens is 1. The molecule has 1 aromatic heterocycles. The molecule has 0 aliphatic heterocycles. The van der Waals surface area contributed by atoms with E-state index in [1.54, 1.807) is 6.07 Å². The lowest BCUT2D eigenvalue weighted by Gasteiger charge is -2.11. The molecule has 0 unspecified atom stereocenters. The van der Waals surface area contributed by atoms with Crippen LogP contribution < -0.4 is 10.1 Å². The molecule has 0 spiro atoms. The summed E-state index contributed by atoms with van der Waals surface area (Å²) in [7, 11) is 0. The number of aryl methyl sites for hydroxylation is 1. The number of rotatable bonds is 8. The first-order valence-corrected chi connectivity index (χ1v) is 11.3.